The molecule has 1 saturated carbocycles. The quantitative estimate of drug-likeness (QED) is 0.315. The van der Waals surface area contributed by atoms with Crippen LogP contribution in [0.15, 0.2) is 83.8 Å². The Bertz CT molecular complexity index is 1420. The molecule has 1 fully saturated rings. The summed E-state index contributed by atoms with van der Waals surface area (Å²) < 4.78 is 29.1. The van der Waals surface area contributed by atoms with E-state index in [2.05, 4.69) is 5.32 Å². The van der Waals surface area contributed by atoms with Crippen LogP contribution in [0.4, 0.5) is 5.69 Å². The van der Waals surface area contributed by atoms with Gasteiger partial charge >= 0.3 is 0 Å². The van der Waals surface area contributed by atoms with Crippen molar-refractivity contribution in [2.45, 2.75) is 82.8 Å². The molecule has 2 amide bonds. The van der Waals surface area contributed by atoms with Gasteiger partial charge in [-0.15, -0.1) is 0 Å². The van der Waals surface area contributed by atoms with Gasteiger partial charge in [-0.25, -0.2) is 8.42 Å². The van der Waals surface area contributed by atoms with E-state index in [1.165, 1.54) is 22.9 Å². The fourth-order valence-electron chi connectivity index (χ4n) is 5.43. The number of carbonyl (C=O) groups excluding carboxylic acids is 2. The van der Waals surface area contributed by atoms with Crippen molar-refractivity contribution in [1.29, 1.82) is 0 Å². The highest BCUT2D eigenvalue weighted by atomic mass is 32.2. The summed E-state index contributed by atoms with van der Waals surface area (Å²) >= 11 is 0. The normalized spacial score (nSPS) is 14.7. The lowest BCUT2D eigenvalue weighted by molar-refractivity contribution is -0.140. The van der Waals surface area contributed by atoms with Crippen LogP contribution < -0.4 is 9.62 Å². The summed E-state index contributed by atoms with van der Waals surface area (Å²) in [4.78, 5) is 29.5. The van der Waals surface area contributed by atoms with Crippen LogP contribution >= 0.6 is 0 Å². The summed E-state index contributed by atoms with van der Waals surface area (Å²) in [6.07, 6.45) is 5.61. The minimum Gasteiger partial charge on any atom is -0.352 e. The minimum absolute atomic E-state index is 0.100. The van der Waals surface area contributed by atoms with Crippen molar-refractivity contribution in [3.8, 4) is 0 Å². The van der Waals surface area contributed by atoms with Crippen LogP contribution in [0.2, 0.25) is 0 Å². The van der Waals surface area contributed by atoms with Crippen molar-refractivity contribution in [2.75, 3.05) is 10.8 Å². The first-order valence-corrected chi connectivity index (χ1v) is 15.9. The van der Waals surface area contributed by atoms with Crippen LogP contribution in [0, 0.1) is 13.8 Å². The van der Waals surface area contributed by atoms with E-state index in [4.69, 9.17) is 0 Å². The molecule has 0 bridgehead atoms. The number of rotatable bonds is 11. The first kappa shape index (κ1) is 30.3. The first-order chi connectivity index (χ1) is 19.7. The maximum absolute atomic E-state index is 14.2. The number of hydrogen-bond donors (Lipinski definition) is 1. The second kappa shape index (κ2) is 13.8. The Balaban J connectivity index is 1.70. The Hall–Kier alpha value is -3.65. The maximum atomic E-state index is 14.2. The Labute approximate surface area is 244 Å². The minimum atomic E-state index is -4.07. The summed E-state index contributed by atoms with van der Waals surface area (Å²) in [6.45, 7) is 5.47. The number of carbonyl (C=O) groups is 2. The number of nitrogens with one attached hydrogen (secondary N) is 1. The molecule has 0 spiro atoms. The lowest BCUT2D eigenvalue weighted by Gasteiger charge is -2.34. The van der Waals surface area contributed by atoms with E-state index < -0.39 is 28.5 Å². The lowest BCUT2D eigenvalue weighted by Crippen LogP contribution is -2.54. The molecule has 1 aliphatic rings. The van der Waals surface area contributed by atoms with Gasteiger partial charge in [-0.3, -0.25) is 13.9 Å². The number of amides is 2. The molecule has 41 heavy (non-hydrogen) atoms. The molecule has 0 saturated heterocycles. The van der Waals surface area contributed by atoms with Gasteiger partial charge < -0.3 is 10.2 Å². The third-order valence-corrected chi connectivity index (χ3v) is 9.58. The van der Waals surface area contributed by atoms with E-state index in [0.717, 1.165) is 42.4 Å². The van der Waals surface area contributed by atoms with E-state index in [1.807, 2.05) is 57.2 Å². The van der Waals surface area contributed by atoms with Gasteiger partial charge in [0.05, 0.1) is 10.6 Å². The molecular weight excluding hydrogens is 534 g/mol. The number of benzene rings is 3. The maximum Gasteiger partial charge on any atom is 0.264 e. The standard InChI is InChI=1S/C33H41N3O4S/c1-4-30(33(38)34-28-14-7-5-8-15-28)35(23-27-21-19-25(2)20-22-27)32(37)24-36(31-18-12-11-13-26(31)3)41(39,40)29-16-9-6-10-17-29/h6,9-13,16-22,28,30H,4-5,7-8,14-15,23-24H2,1-3H3,(H,34,38)/t30-/m0/s1. The predicted molar refractivity (Wildman–Crippen MR) is 163 cm³/mol. The van der Waals surface area contributed by atoms with Gasteiger partial charge in [-0.2, -0.15) is 0 Å². The molecule has 0 radical (unpaired) electrons. The molecule has 4 rings (SSSR count). The SMILES string of the molecule is CC[C@@H](C(=O)NC1CCCCC1)N(Cc1ccc(C)cc1)C(=O)CN(c1ccccc1C)S(=O)(=O)c1ccccc1. The van der Waals surface area contributed by atoms with E-state index in [9.17, 15) is 18.0 Å². The van der Waals surface area contributed by atoms with Crippen molar-refractivity contribution in [3.63, 3.8) is 0 Å². The Kier molecular flexibility index (Phi) is 10.2. The van der Waals surface area contributed by atoms with Crippen LogP contribution in [-0.2, 0) is 26.2 Å². The Morgan fingerprint density at radius 1 is 0.878 bits per heavy atom. The van der Waals surface area contributed by atoms with Gasteiger partial charge in [0.1, 0.15) is 12.6 Å². The van der Waals surface area contributed by atoms with Crippen molar-refractivity contribution in [2.24, 2.45) is 0 Å². The largest absolute Gasteiger partial charge is 0.352 e. The van der Waals surface area contributed by atoms with Gasteiger partial charge in [-0.05, 0) is 62.4 Å². The monoisotopic (exact) mass is 575 g/mol. The van der Waals surface area contributed by atoms with Crippen molar-refractivity contribution in [3.05, 3.63) is 95.6 Å². The number of aryl methyl sites for hydroxylation is 2. The fourth-order valence-corrected chi connectivity index (χ4v) is 6.93. The molecule has 1 aliphatic carbocycles. The smallest absolute Gasteiger partial charge is 0.264 e. The molecular formula is C33H41N3O4S. The van der Waals surface area contributed by atoms with Crippen molar-refractivity contribution >= 4 is 27.5 Å². The third-order valence-electron chi connectivity index (χ3n) is 7.81. The molecule has 0 unspecified atom stereocenters. The van der Waals surface area contributed by atoms with Crippen LogP contribution in [-0.4, -0.2) is 43.8 Å². The molecule has 3 aromatic rings. The average Bonchev–Trinajstić information content (AvgIpc) is 2.98. The summed E-state index contributed by atoms with van der Waals surface area (Å²) in [5.41, 5.74) is 3.13. The van der Waals surface area contributed by atoms with E-state index in [1.54, 1.807) is 35.2 Å². The predicted octanol–water partition coefficient (Wildman–Crippen LogP) is 5.76. The van der Waals surface area contributed by atoms with Gasteiger partial charge in [0.2, 0.25) is 11.8 Å². The molecule has 218 valence electrons. The molecule has 0 aliphatic heterocycles. The van der Waals surface area contributed by atoms with E-state index >= 15 is 0 Å². The zero-order valence-corrected chi connectivity index (χ0v) is 25.1. The zero-order chi connectivity index (χ0) is 29.4. The second-order valence-corrected chi connectivity index (χ2v) is 12.7. The highest BCUT2D eigenvalue weighted by molar-refractivity contribution is 7.92. The zero-order valence-electron chi connectivity index (χ0n) is 24.3. The number of nitrogens with zero attached hydrogens (tertiary/aromatic N) is 2. The van der Waals surface area contributed by atoms with E-state index in [0.29, 0.717) is 12.1 Å². The molecule has 1 N–H and O–H groups in total. The van der Waals surface area contributed by atoms with Gasteiger partial charge in [-0.1, -0.05) is 92.4 Å². The first-order valence-electron chi connectivity index (χ1n) is 14.5. The fraction of sp³-hybridized carbons (Fsp3) is 0.394. The summed E-state index contributed by atoms with van der Waals surface area (Å²) in [7, 11) is -4.07. The summed E-state index contributed by atoms with van der Waals surface area (Å²) in [6, 6.07) is 22.5. The topological polar surface area (TPSA) is 86.8 Å². The third kappa shape index (κ3) is 7.55. The average molecular weight is 576 g/mol. The van der Waals surface area contributed by atoms with Gasteiger partial charge in [0.15, 0.2) is 0 Å². The number of hydrogen-bond acceptors (Lipinski definition) is 4. The van der Waals surface area contributed by atoms with E-state index in [-0.39, 0.29) is 23.4 Å². The molecule has 3 aromatic carbocycles. The molecule has 1 atom stereocenters. The lowest BCUT2D eigenvalue weighted by atomic mass is 9.95. The highest BCUT2D eigenvalue weighted by Gasteiger charge is 2.34. The van der Waals surface area contributed by atoms with Crippen LogP contribution in [0.5, 0.6) is 0 Å². The van der Waals surface area contributed by atoms with Gasteiger partial charge in [0.25, 0.3) is 10.0 Å². The summed E-state index contributed by atoms with van der Waals surface area (Å²) in [5.74, 6) is -0.618. The number of sulfonamides is 1. The van der Waals surface area contributed by atoms with Crippen LogP contribution in [0.3, 0.4) is 0 Å². The molecule has 7 nitrogen and oxygen atoms in total. The van der Waals surface area contributed by atoms with Gasteiger partial charge in [0, 0.05) is 12.6 Å². The van der Waals surface area contributed by atoms with Crippen LogP contribution in [0.1, 0.15) is 62.1 Å². The molecule has 0 heterocycles. The molecule has 8 heteroatoms. The molecule has 0 aromatic heterocycles. The number of anilines is 1. The second-order valence-electron chi connectivity index (χ2n) is 10.9. The number of para-hydroxylation sites is 1. The Morgan fingerprint density at radius 2 is 1.51 bits per heavy atom. The van der Waals surface area contributed by atoms with Crippen molar-refractivity contribution < 1.29 is 18.0 Å². The van der Waals surface area contributed by atoms with Crippen LogP contribution in [0.25, 0.3) is 0 Å². The highest BCUT2D eigenvalue weighted by Crippen LogP contribution is 2.27. The van der Waals surface area contributed by atoms with Crippen molar-refractivity contribution in [1.82, 2.24) is 10.2 Å². The Morgan fingerprint density at radius 3 is 2.15 bits per heavy atom. The summed E-state index contributed by atoms with van der Waals surface area (Å²) in [5, 5.41) is 3.19.